The number of rotatable bonds is 5. The summed E-state index contributed by atoms with van der Waals surface area (Å²) in [6.07, 6.45) is 2.01. The van der Waals surface area contributed by atoms with E-state index < -0.39 is 0 Å². The van der Waals surface area contributed by atoms with Gasteiger partial charge in [-0.25, -0.2) is 4.98 Å². The van der Waals surface area contributed by atoms with E-state index in [0.717, 1.165) is 34.8 Å². The minimum Gasteiger partial charge on any atom is -0.252 e. The van der Waals surface area contributed by atoms with Crippen LogP contribution in [0.25, 0.3) is 10.2 Å². The minimum absolute atomic E-state index is 0.834. The van der Waals surface area contributed by atoms with Crippen LogP contribution < -0.4 is 5.43 Å². The summed E-state index contributed by atoms with van der Waals surface area (Å²) >= 11 is 1.62. The average Bonchev–Trinajstić information content (AvgIpc) is 2.95. The molecule has 0 aliphatic rings. The SMILES string of the molecule is CCC/C(=N/Nc1nc2ccccc2s1)c1ccccc1. The number of fused-ring (bicyclic) bond motifs is 1. The molecule has 0 unspecified atom stereocenters. The van der Waals surface area contributed by atoms with Crippen molar-refractivity contribution < 1.29 is 0 Å². The van der Waals surface area contributed by atoms with Gasteiger partial charge >= 0.3 is 0 Å². The molecule has 2 aromatic carbocycles. The first-order valence-corrected chi connectivity index (χ1v) is 7.92. The number of hydrogen-bond acceptors (Lipinski definition) is 4. The van der Waals surface area contributed by atoms with Crippen LogP contribution in [0.2, 0.25) is 0 Å². The van der Waals surface area contributed by atoms with Crippen LogP contribution in [0.15, 0.2) is 59.7 Å². The highest BCUT2D eigenvalue weighted by molar-refractivity contribution is 7.22. The van der Waals surface area contributed by atoms with Crippen LogP contribution in [0.5, 0.6) is 0 Å². The number of hydrogen-bond donors (Lipinski definition) is 1. The van der Waals surface area contributed by atoms with Gasteiger partial charge in [-0.15, -0.1) is 0 Å². The van der Waals surface area contributed by atoms with Gasteiger partial charge in [-0.05, 0) is 24.1 Å². The number of thiazole rings is 1. The van der Waals surface area contributed by atoms with Crippen LogP contribution in [0.1, 0.15) is 25.3 Å². The van der Waals surface area contributed by atoms with E-state index >= 15 is 0 Å². The third-order valence-electron chi connectivity index (χ3n) is 3.17. The normalized spacial score (nSPS) is 11.8. The Morgan fingerprint density at radius 3 is 2.62 bits per heavy atom. The van der Waals surface area contributed by atoms with Crippen molar-refractivity contribution in [3.8, 4) is 0 Å². The number of hydrazone groups is 1. The summed E-state index contributed by atoms with van der Waals surface area (Å²) in [6.45, 7) is 2.16. The summed E-state index contributed by atoms with van der Waals surface area (Å²) in [7, 11) is 0. The molecule has 1 heterocycles. The fourth-order valence-electron chi connectivity index (χ4n) is 2.17. The van der Waals surface area contributed by atoms with E-state index in [0.29, 0.717) is 0 Å². The predicted octanol–water partition coefficient (Wildman–Crippen LogP) is 4.91. The molecule has 0 spiro atoms. The third-order valence-corrected chi connectivity index (χ3v) is 4.12. The summed E-state index contributed by atoms with van der Waals surface area (Å²) in [5.41, 5.74) is 6.35. The number of nitrogens with one attached hydrogen (secondary N) is 1. The van der Waals surface area contributed by atoms with E-state index in [9.17, 15) is 0 Å². The lowest BCUT2D eigenvalue weighted by molar-refractivity contribution is 0.987. The van der Waals surface area contributed by atoms with Crippen molar-refractivity contribution in [2.75, 3.05) is 5.43 Å². The van der Waals surface area contributed by atoms with Gasteiger partial charge in [-0.3, -0.25) is 5.43 Å². The topological polar surface area (TPSA) is 37.3 Å². The number of aromatic nitrogens is 1. The Morgan fingerprint density at radius 2 is 1.86 bits per heavy atom. The second-order valence-corrected chi connectivity index (χ2v) is 5.80. The van der Waals surface area contributed by atoms with E-state index in [1.807, 2.05) is 36.4 Å². The van der Waals surface area contributed by atoms with Gasteiger partial charge < -0.3 is 0 Å². The molecule has 3 rings (SSSR count). The Bertz CT molecular complexity index is 714. The van der Waals surface area contributed by atoms with Crippen molar-refractivity contribution in [1.82, 2.24) is 4.98 Å². The summed E-state index contributed by atoms with van der Waals surface area (Å²) in [5, 5.41) is 5.40. The summed E-state index contributed by atoms with van der Waals surface area (Å²) in [5.74, 6) is 0. The van der Waals surface area contributed by atoms with E-state index in [1.54, 1.807) is 11.3 Å². The quantitative estimate of drug-likeness (QED) is 0.536. The number of para-hydroxylation sites is 1. The molecule has 0 saturated carbocycles. The lowest BCUT2D eigenvalue weighted by Crippen LogP contribution is -2.03. The first-order valence-electron chi connectivity index (χ1n) is 7.10. The van der Waals surface area contributed by atoms with Gasteiger partial charge in [0.2, 0.25) is 5.13 Å². The van der Waals surface area contributed by atoms with Gasteiger partial charge in [-0.1, -0.05) is 67.1 Å². The standard InChI is InChI=1S/C17H17N3S/c1-2-8-14(13-9-4-3-5-10-13)19-20-17-18-15-11-6-7-12-16(15)21-17/h3-7,9-12H,2,8H2,1H3,(H,18,20)/b19-14-. The van der Waals surface area contributed by atoms with Gasteiger partial charge in [0.25, 0.3) is 0 Å². The van der Waals surface area contributed by atoms with Crippen molar-refractivity contribution in [1.29, 1.82) is 0 Å². The van der Waals surface area contributed by atoms with Crippen LogP contribution in [0.4, 0.5) is 5.13 Å². The van der Waals surface area contributed by atoms with Crippen molar-refractivity contribution in [3.63, 3.8) is 0 Å². The fraction of sp³-hybridized carbons (Fsp3) is 0.176. The largest absolute Gasteiger partial charge is 0.252 e. The van der Waals surface area contributed by atoms with E-state index in [2.05, 4.69) is 40.6 Å². The Kier molecular flexibility index (Phi) is 4.26. The van der Waals surface area contributed by atoms with Crippen LogP contribution >= 0.6 is 11.3 Å². The van der Waals surface area contributed by atoms with Gasteiger partial charge in [0.15, 0.2) is 0 Å². The first-order chi connectivity index (χ1) is 10.4. The van der Waals surface area contributed by atoms with E-state index in [1.165, 1.54) is 4.70 Å². The monoisotopic (exact) mass is 295 g/mol. The molecule has 3 aromatic rings. The zero-order chi connectivity index (χ0) is 14.5. The third kappa shape index (κ3) is 3.28. The summed E-state index contributed by atoms with van der Waals surface area (Å²) in [6, 6.07) is 18.4. The van der Waals surface area contributed by atoms with Crippen LogP contribution in [-0.4, -0.2) is 10.7 Å². The summed E-state index contributed by atoms with van der Waals surface area (Å²) in [4.78, 5) is 4.54. The molecule has 0 amide bonds. The number of nitrogens with zero attached hydrogens (tertiary/aromatic N) is 2. The Morgan fingerprint density at radius 1 is 1.10 bits per heavy atom. The zero-order valence-electron chi connectivity index (χ0n) is 11.9. The molecule has 0 bridgehead atoms. The molecule has 3 nitrogen and oxygen atoms in total. The van der Waals surface area contributed by atoms with Gasteiger partial charge in [-0.2, -0.15) is 5.10 Å². The average molecular weight is 295 g/mol. The van der Waals surface area contributed by atoms with Crippen molar-refractivity contribution >= 4 is 32.4 Å². The smallest absolute Gasteiger partial charge is 0.204 e. The number of benzene rings is 2. The number of anilines is 1. The Hall–Kier alpha value is -2.20. The Labute approximate surface area is 128 Å². The lowest BCUT2D eigenvalue weighted by Gasteiger charge is -2.05. The maximum atomic E-state index is 4.56. The van der Waals surface area contributed by atoms with Gasteiger partial charge in [0, 0.05) is 0 Å². The van der Waals surface area contributed by atoms with E-state index in [4.69, 9.17) is 0 Å². The van der Waals surface area contributed by atoms with Crippen molar-refractivity contribution in [3.05, 3.63) is 60.2 Å². The van der Waals surface area contributed by atoms with Gasteiger partial charge in [0.05, 0.1) is 15.9 Å². The minimum atomic E-state index is 0.834. The molecule has 1 aromatic heterocycles. The second-order valence-electron chi connectivity index (χ2n) is 4.77. The first kappa shape index (κ1) is 13.8. The molecule has 0 atom stereocenters. The second kappa shape index (κ2) is 6.50. The van der Waals surface area contributed by atoms with E-state index in [-0.39, 0.29) is 0 Å². The molecular weight excluding hydrogens is 278 g/mol. The van der Waals surface area contributed by atoms with Crippen molar-refractivity contribution in [2.45, 2.75) is 19.8 Å². The molecule has 0 fully saturated rings. The molecule has 4 heteroatoms. The predicted molar refractivity (Wildman–Crippen MR) is 91.1 cm³/mol. The van der Waals surface area contributed by atoms with Crippen LogP contribution in [0.3, 0.4) is 0 Å². The van der Waals surface area contributed by atoms with Crippen molar-refractivity contribution in [2.24, 2.45) is 5.10 Å². The van der Waals surface area contributed by atoms with Gasteiger partial charge in [0.1, 0.15) is 0 Å². The zero-order valence-corrected chi connectivity index (χ0v) is 12.7. The molecular formula is C17H17N3S. The fourth-order valence-corrected chi connectivity index (χ4v) is 2.98. The van der Waals surface area contributed by atoms with Crippen LogP contribution in [0, 0.1) is 0 Å². The summed E-state index contributed by atoms with van der Waals surface area (Å²) < 4.78 is 1.17. The molecule has 21 heavy (non-hydrogen) atoms. The highest BCUT2D eigenvalue weighted by Crippen LogP contribution is 2.25. The molecule has 0 radical (unpaired) electrons. The Balaban J connectivity index is 1.84. The molecule has 1 N–H and O–H groups in total. The molecule has 0 aliphatic carbocycles. The molecule has 0 aliphatic heterocycles. The maximum absolute atomic E-state index is 4.56. The highest BCUT2D eigenvalue weighted by atomic mass is 32.1. The van der Waals surface area contributed by atoms with Crippen LogP contribution in [-0.2, 0) is 0 Å². The highest BCUT2D eigenvalue weighted by Gasteiger charge is 2.04. The molecule has 0 saturated heterocycles. The lowest BCUT2D eigenvalue weighted by atomic mass is 10.1. The maximum Gasteiger partial charge on any atom is 0.204 e. The molecule has 106 valence electrons.